The summed E-state index contributed by atoms with van der Waals surface area (Å²) in [6, 6.07) is 22.2. The Morgan fingerprint density at radius 1 is 0.939 bits per heavy atom. The highest BCUT2D eigenvalue weighted by Crippen LogP contribution is 2.32. The largest absolute Gasteiger partial charge is 0.371 e. The predicted molar refractivity (Wildman–Crippen MR) is 140 cm³/mol. The number of hydrogen-bond acceptors (Lipinski definition) is 2. The van der Waals surface area contributed by atoms with E-state index < -0.39 is 0 Å². The third kappa shape index (κ3) is 5.54. The summed E-state index contributed by atoms with van der Waals surface area (Å²) in [5.41, 5.74) is 5.13. The number of nitrogens with zero attached hydrogens (tertiary/aromatic N) is 1. The lowest BCUT2D eigenvalue weighted by molar-refractivity contribution is 0.102. The molecule has 1 fully saturated rings. The van der Waals surface area contributed by atoms with Gasteiger partial charge in [-0.3, -0.25) is 4.79 Å². The maximum absolute atomic E-state index is 12.6. The van der Waals surface area contributed by atoms with Crippen LogP contribution >= 0.6 is 23.2 Å². The van der Waals surface area contributed by atoms with Gasteiger partial charge in [-0.2, -0.15) is 0 Å². The molecule has 1 aliphatic heterocycles. The monoisotopic (exact) mass is 480 g/mol. The van der Waals surface area contributed by atoms with Crippen molar-refractivity contribution in [3.05, 3.63) is 93.5 Å². The number of nitrogens with one attached hydrogen (secondary N) is 1. The molecule has 3 aromatic rings. The molecule has 33 heavy (non-hydrogen) atoms. The van der Waals surface area contributed by atoms with Crippen LogP contribution in [0.2, 0.25) is 10.0 Å². The van der Waals surface area contributed by atoms with Gasteiger partial charge >= 0.3 is 0 Å². The molecule has 3 aromatic carbocycles. The zero-order valence-corrected chi connectivity index (χ0v) is 20.9. The fraction of sp³-hybridized carbons (Fsp3) is 0.321. The molecule has 0 aromatic heterocycles. The Labute approximate surface area is 206 Å². The average Bonchev–Trinajstić information content (AvgIpc) is 2.79. The summed E-state index contributed by atoms with van der Waals surface area (Å²) in [7, 11) is 0. The molecule has 1 N–H and O–H groups in total. The maximum atomic E-state index is 12.6. The molecule has 1 amide bonds. The lowest BCUT2D eigenvalue weighted by Crippen LogP contribution is -2.34. The minimum absolute atomic E-state index is 0.172. The number of amides is 1. The van der Waals surface area contributed by atoms with Gasteiger partial charge in [-0.15, -0.1) is 0 Å². The first-order valence-electron chi connectivity index (χ1n) is 11.4. The number of carbonyl (C=O) groups is 1. The van der Waals surface area contributed by atoms with Crippen LogP contribution in [-0.2, 0) is 5.41 Å². The quantitative estimate of drug-likeness (QED) is 0.410. The number of hydrogen-bond donors (Lipinski definition) is 1. The summed E-state index contributed by atoms with van der Waals surface area (Å²) in [6.07, 6.45) is 2.37. The number of piperidine rings is 1. The van der Waals surface area contributed by atoms with Crippen molar-refractivity contribution >= 4 is 40.5 Å². The summed E-state index contributed by atoms with van der Waals surface area (Å²) in [5, 5.41) is 3.57. The SMILES string of the molecule is CC(C)(C)c1ccc(C2CCCN(c3ccc(NC(=O)c4c(Cl)cccc4Cl)cc3)C2)cc1. The fourth-order valence-corrected chi connectivity index (χ4v) is 4.97. The Morgan fingerprint density at radius 2 is 1.58 bits per heavy atom. The Balaban J connectivity index is 1.43. The van der Waals surface area contributed by atoms with E-state index in [-0.39, 0.29) is 11.3 Å². The molecule has 0 saturated carbocycles. The second kappa shape index (κ2) is 9.79. The minimum atomic E-state index is -0.310. The standard InChI is InChI=1S/C28H30Cl2N2O/c1-28(2,3)21-11-9-19(10-12-21)20-6-5-17-32(18-20)23-15-13-22(14-16-23)31-27(33)26-24(29)7-4-8-25(26)30/h4,7-16,20H,5-6,17-18H2,1-3H3,(H,31,33). The zero-order chi connectivity index (χ0) is 23.6. The summed E-state index contributed by atoms with van der Waals surface area (Å²) in [4.78, 5) is 15.1. The normalized spacial score (nSPS) is 16.5. The Bertz CT molecular complexity index is 1100. The van der Waals surface area contributed by atoms with Crippen LogP contribution in [-0.4, -0.2) is 19.0 Å². The average molecular weight is 481 g/mol. The molecule has 1 unspecified atom stereocenters. The molecule has 4 rings (SSSR count). The molecule has 172 valence electrons. The maximum Gasteiger partial charge on any atom is 0.258 e. The Kier molecular flexibility index (Phi) is 7.02. The molecule has 1 aliphatic rings. The van der Waals surface area contributed by atoms with Crippen LogP contribution in [0, 0.1) is 0 Å². The van der Waals surface area contributed by atoms with Gasteiger partial charge in [0.1, 0.15) is 0 Å². The Morgan fingerprint density at radius 3 is 2.18 bits per heavy atom. The molecule has 5 heteroatoms. The predicted octanol–water partition coefficient (Wildman–Crippen LogP) is 7.93. The van der Waals surface area contributed by atoms with Crippen molar-refractivity contribution in [1.29, 1.82) is 0 Å². The first-order valence-corrected chi connectivity index (χ1v) is 12.2. The molecule has 1 heterocycles. The van der Waals surface area contributed by atoms with E-state index in [4.69, 9.17) is 23.2 Å². The molecule has 3 nitrogen and oxygen atoms in total. The van der Waals surface area contributed by atoms with Crippen LogP contribution in [0.25, 0.3) is 0 Å². The number of benzene rings is 3. The van der Waals surface area contributed by atoms with Crippen molar-refractivity contribution in [1.82, 2.24) is 0 Å². The molecular weight excluding hydrogens is 451 g/mol. The van der Waals surface area contributed by atoms with Crippen LogP contribution in [0.1, 0.15) is 61.0 Å². The lowest BCUT2D eigenvalue weighted by atomic mass is 9.84. The van der Waals surface area contributed by atoms with Crippen LogP contribution < -0.4 is 10.2 Å². The molecule has 0 spiro atoms. The molecule has 0 radical (unpaired) electrons. The molecule has 1 atom stereocenters. The van der Waals surface area contributed by atoms with Crippen LogP contribution in [0.4, 0.5) is 11.4 Å². The van der Waals surface area contributed by atoms with Crippen LogP contribution in [0.5, 0.6) is 0 Å². The van der Waals surface area contributed by atoms with E-state index in [0.717, 1.165) is 19.5 Å². The van der Waals surface area contributed by atoms with Gasteiger partial charge in [0.2, 0.25) is 0 Å². The van der Waals surface area contributed by atoms with Crippen molar-refractivity contribution in [2.75, 3.05) is 23.3 Å². The van der Waals surface area contributed by atoms with Gasteiger partial charge in [-0.25, -0.2) is 0 Å². The first kappa shape index (κ1) is 23.7. The van der Waals surface area contributed by atoms with E-state index in [0.29, 0.717) is 27.2 Å². The molecule has 0 bridgehead atoms. The number of anilines is 2. The van der Waals surface area contributed by atoms with E-state index in [1.807, 2.05) is 12.1 Å². The molecule has 0 aliphatic carbocycles. The third-order valence-corrected chi connectivity index (χ3v) is 6.98. The van der Waals surface area contributed by atoms with Gasteiger partial charge in [0.25, 0.3) is 5.91 Å². The number of rotatable bonds is 4. The number of halogens is 2. The second-order valence-corrected chi connectivity index (χ2v) is 10.6. The first-order chi connectivity index (χ1) is 15.7. The summed E-state index contributed by atoms with van der Waals surface area (Å²) in [5.74, 6) is 0.213. The summed E-state index contributed by atoms with van der Waals surface area (Å²) >= 11 is 12.3. The topological polar surface area (TPSA) is 32.3 Å². The van der Waals surface area contributed by atoms with Crippen LogP contribution in [0.3, 0.4) is 0 Å². The van der Waals surface area contributed by atoms with E-state index in [9.17, 15) is 4.79 Å². The summed E-state index contributed by atoms with van der Waals surface area (Å²) < 4.78 is 0. The second-order valence-electron chi connectivity index (χ2n) is 9.75. The van der Waals surface area contributed by atoms with Gasteiger partial charge in [-0.1, -0.05) is 74.3 Å². The van der Waals surface area contributed by atoms with Gasteiger partial charge < -0.3 is 10.2 Å². The smallest absolute Gasteiger partial charge is 0.258 e. The van der Waals surface area contributed by atoms with Gasteiger partial charge in [0.05, 0.1) is 15.6 Å². The minimum Gasteiger partial charge on any atom is -0.371 e. The van der Waals surface area contributed by atoms with E-state index in [1.165, 1.54) is 23.2 Å². The zero-order valence-electron chi connectivity index (χ0n) is 19.4. The van der Waals surface area contributed by atoms with E-state index in [1.54, 1.807) is 18.2 Å². The van der Waals surface area contributed by atoms with Crippen molar-refractivity contribution in [2.45, 2.75) is 44.9 Å². The highest BCUT2D eigenvalue weighted by Gasteiger charge is 2.23. The van der Waals surface area contributed by atoms with Crippen molar-refractivity contribution in [3.8, 4) is 0 Å². The third-order valence-electron chi connectivity index (χ3n) is 6.35. The number of carbonyl (C=O) groups excluding carboxylic acids is 1. The molecular formula is C28H30Cl2N2O. The van der Waals surface area contributed by atoms with Crippen LogP contribution in [0.15, 0.2) is 66.7 Å². The molecule has 1 saturated heterocycles. The van der Waals surface area contributed by atoms with Gasteiger partial charge in [0, 0.05) is 30.4 Å². The van der Waals surface area contributed by atoms with Gasteiger partial charge in [-0.05, 0) is 65.8 Å². The van der Waals surface area contributed by atoms with Crippen molar-refractivity contribution < 1.29 is 4.79 Å². The van der Waals surface area contributed by atoms with Gasteiger partial charge in [0.15, 0.2) is 0 Å². The van der Waals surface area contributed by atoms with E-state index >= 15 is 0 Å². The van der Waals surface area contributed by atoms with E-state index in [2.05, 4.69) is 67.4 Å². The highest BCUT2D eigenvalue weighted by atomic mass is 35.5. The summed E-state index contributed by atoms with van der Waals surface area (Å²) in [6.45, 7) is 8.78. The fourth-order valence-electron chi connectivity index (χ4n) is 4.40. The lowest BCUT2D eigenvalue weighted by Gasteiger charge is -2.35. The van der Waals surface area contributed by atoms with Crippen molar-refractivity contribution in [2.24, 2.45) is 0 Å². The van der Waals surface area contributed by atoms with Crippen molar-refractivity contribution in [3.63, 3.8) is 0 Å². The Hall–Kier alpha value is -2.49. The highest BCUT2D eigenvalue weighted by molar-refractivity contribution is 6.40.